The number of nitrogens with one attached hydrogen (secondary N) is 1. The minimum absolute atomic E-state index is 0.109. The van der Waals surface area contributed by atoms with Gasteiger partial charge in [-0.3, -0.25) is 4.98 Å². The highest BCUT2D eigenvalue weighted by molar-refractivity contribution is 5.37. The Bertz CT molecular complexity index is 590. The molecule has 1 heterocycles. The average molecular weight is 255 g/mol. The van der Waals surface area contributed by atoms with E-state index in [9.17, 15) is 4.39 Å². The van der Waals surface area contributed by atoms with Gasteiger partial charge < -0.3 is 5.32 Å². The quantitative estimate of drug-likeness (QED) is 0.913. The summed E-state index contributed by atoms with van der Waals surface area (Å²) in [6, 6.07) is 10.2. The molecular weight excluding hydrogens is 241 g/mol. The van der Waals surface area contributed by atoms with Crippen LogP contribution in [0.5, 0.6) is 0 Å². The first-order valence-electron chi connectivity index (χ1n) is 6.02. The molecule has 0 saturated carbocycles. The van der Waals surface area contributed by atoms with Gasteiger partial charge in [-0.1, -0.05) is 0 Å². The third-order valence-corrected chi connectivity index (χ3v) is 2.99. The van der Waals surface area contributed by atoms with Crippen molar-refractivity contribution in [1.82, 2.24) is 10.3 Å². The minimum atomic E-state index is -0.327. The molecule has 1 aromatic heterocycles. The highest BCUT2D eigenvalue weighted by atomic mass is 19.1. The number of halogens is 1. The van der Waals surface area contributed by atoms with Crippen molar-refractivity contribution in [2.45, 2.75) is 19.5 Å². The first-order valence-corrected chi connectivity index (χ1v) is 6.02. The molecule has 0 spiro atoms. The van der Waals surface area contributed by atoms with Crippen molar-refractivity contribution in [2.24, 2.45) is 0 Å². The first-order chi connectivity index (χ1) is 9.20. The van der Waals surface area contributed by atoms with E-state index in [4.69, 9.17) is 5.26 Å². The van der Waals surface area contributed by atoms with Gasteiger partial charge in [0.15, 0.2) is 0 Å². The van der Waals surface area contributed by atoms with Crippen molar-refractivity contribution in [3.05, 3.63) is 65.2 Å². The number of nitrogens with zero attached hydrogens (tertiary/aromatic N) is 2. The van der Waals surface area contributed by atoms with Gasteiger partial charge in [0.2, 0.25) is 0 Å². The van der Waals surface area contributed by atoms with Crippen LogP contribution in [0.25, 0.3) is 0 Å². The number of benzene rings is 1. The van der Waals surface area contributed by atoms with E-state index in [1.807, 2.05) is 19.1 Å². The van der Waals surface area contributed by atoms with E-state index in [0.29, 0.717) is 17.7 Å². The topological polar surface area (TPSA) is 48.7 Å². The van der Waals surface area contributed by atoms with Gasteiger partial charge in [0.25, 0.3) is 0 Å². The smallest absolute Gasteiger partial charge is 0.123 e. The molecule has 4 heteroatoms. The van der Waals surface area contributed by atoms with Gasteiger partial charge in [0.05, 0.1) is 11.6 Å². The minimum Gasteiger partial charge on any atom is -0.306 e. The zero-order valence-electron chi connectivity index (χ0n) is 10.6. The summed E-state index contributed by atoms with van der Waals surface area (Å²) in [5, 5.41) is 12.3. The Kier molecular flexibility index (Phi) is 4.22. The molecule has 1 atom stereocenters. The Morgan fingerprint density at radius 3 is 2.74 bits per heavy atom. The van der Waals surface area contributed by atoms with Crippen LogP contribution in [0.1, 0.15) is 29.7 Å². The second-order valence-electron chi connectivity index (χ2n) is 4.30. The molecule has 2 aromatic rings. The van der Waals surface area contributed by atoms with Gasteiger partial charge >= 0.3 is 0 Å². The van der Waals surface area contributed by atoms with Gasteiger partial charge in [0, 0.05) is 25.0 Å². The fourth-order valence-electron chi connectivity index (χ4n) is 1.85. The van der Waals surface area contributed by atoms with Crippen LogP contribution >= 0.6 is 0 Å². The summed E-state index contributed by atoms with van der Waals surface area (Å²) in [6.45, 7) is 2.46. The number of hydrogen-bond donors (Lipinski definition) is 1. The molecule has 0 amide bonds. The molecule has 1 unspecified atom stereocenters. The van der Waals surface area contributed by atoms with Gasteiger partial charge in [0.1, 0.15) is 5.82 Å². The standard InChI is InChI=1S/C15H14FN3/c1-11(12-4-6-18-7-5-12)19-10-14-8-15(16)3-2-13(14)9-17/h2-8,11,19H,10H2,1H3. The molecule has 1 N–H and O–H groups in total. The molecule has 0 aliphatic rings. The number of aromatic nitrogens is 1. The van der Waals surface area contributed by atoms with Gasteiger partial charge in [-0.25, -0.2) is 4.39 Å². The molecule has 1 aromatic carbocycles. The molecule has 0 aliphatic heterocycles. The summed E-state index contributed by atoms with van der Waals surface area (Å²) in [4.78, 5) is 3.96. The summed E-state index contributed by atoms with van der Waals surface area (Å²) in [7, 11) is 0. The van der Waals surface area contributed by atoms with Gasteiger partial charge in [-0.15, -0.1) is 0 Å². The second kappa shape index (κ2) is 6.07. The average Bonchev–Trinajstić information content (AvgIpc) is 2.46. The maximum Gasteiger partial charge on any atom is 0.123 e. The van der Waals surface area contributed by atoms with Crippen LogP contribution in [0.2, 0.25) is 0 Å². The van der Waals surface area contributed by atoms with E-state index >= 15 is 0 Å². The SMILES string of the molecule is CC(NCc1cc(F)ccc1C#N)c1ccncc1. The Balaban J connectivity index is 2.07. The molecular formula is C15H14FN3. The lowest BCUT2D eigenvalue weighted by atomic mass is 10.1. The van der Waals surface area contributed by atoms with Crippen molar-refractivity contribution >= 4 is 0 Å². The maximum absolute atomic E-state index is 13.2. The van der Waals surface area contributed by atoms with Crippen LogP contribution in [0, 0.1) is 17.1 Å². The normalized spacial score (nSPS) is 11.8. The predicted octanol–water partition coefficient (Wildman–Crippen LogP) is 2.94. The Morgan fingerprint density at radius 2 is 2.05 bits per heavy atom. The third kappa shape index (κ3) is 3.36. The lowest BCUT2D eigenvalue weighted by molar-refractivity contribution is 0.568. The number of nitriles is 1. The fraction of sp³-hybridized carbons (Fsp3) is 0.200. The number of rotatable bonds is 4. The lowest BCUT2D eigenvalue weighted by Gasteiger charge is -2.14. The molecule has 19 heavy (non-hydrogen) atoms. The molecule has 0 fully saturated rings. The monoisotopic (exact) mass is 255 g/mol. The van der Waals surface area contributed by atoms with E-state index in [1.165, 1.54) is 18.2 Å². The van der Waals surface area contributed by atoms with Crippen LogP contribution in [-0.4, -0.2) is 4.98 Å². The molecule has 0 aliphatic carbocycles. The zero-order valence-corrected chi connectivity index (χ0v) is 10.6. The van der Waals surface area contributed by atoms with Crippen LogP contribution in [0.15, 0.2) is 42.7 Å². The van der Waals surface area contributed by atoms with Crippen LogP contribution in [0.3, 0.4) is 0 Å². The lowest BCUT2D eigenvalue weighted by Crippen LogP contribution is -2.18. The summed E-state index contributed by atoms with van der Waals surface area (Å²) < 4.78 is 13.2. The highest BCUT2D eigenvalue weighted by Crippen LogP contribution is 2.14. The highest BCUT2D eigenvalue weighted by Gasteiger charge is 2.07. The summed E-state index contributed by atoms with van der Waals surface area (Å²) in [5.74, 6) is -0.327. The number of pyridine rings is 1. The molecule has 0 saturated heterocycles. The van der Waals surface area contributed by atoms with Crippen LogP contribution in [0.4, 0.5) is 4.39 Å². The van der Waals surface area contributed by atoms with Crippen molar-refractivity contribution in [3.8, 4) is 6.07 Å². The Hall–Kier alpha value is -2.25. The third-order valence-electron chi connectivity index (χ3n) is 2.99. The van der Waals surface area contributed by atoms with E-state index in [1.54, 1.807) is 12.4 Å². The first kappa shape index (κ1) is 13.2. The van der Waals surface area contributed by atoms with Gasteiger partial charge in [-0.2, -0.15) is 5.26 Å². The van der Waals surface area contributed by atoms with Crippen molar-refractivity contribution in [1.29, 1.82) is 5.26 Å². The van der Waals surface area contributed by atoms with Crippen molar-refractivity contribution < 1.29 is 4.39 Å². The van der Waals surface area contributed by atoms with E-state index in [2.05, 4.69) is 16.4 Å². The summed E-state index contributed by atoms with van der Waals surface area (Å²) in [5.41, 5.74) is 2.27. The second-order valence-corrected chi connectivity index (χ2v) is 4.30. The molecule has 3 nitrogen and oxygen atoms in total. The van der Waals surface area contributed by atoms with E-state index in [0.717, 1.165) is 5.56 Å². The molecule has 2 rings (SSSR count). The molecule has 0 radical (unpaired) electrons. The predicted molar refractivity (Wildman–Crippen MR) is 70.6 cm³/mol. The fourth-order valence-corrected chi connectivity index (χ4v) is 1.85. The largest absolute Gasteiger partial charge is 0.306 e. The molecule has 96 valence electrons. The molecule has 0 bridgehead atoms. The van der Waals surface area contributed by atoms with Crippen LogP contribution < -0.4 is 5.32 Å². The van der Waals surface area contributed by atoms with Gasteiger partial charge in [-0.05, 0) is 48.4 Å². The van der Waals surface area contributed by atoms with E-state index in [-0.39, 0.29) is 11.9 Å². The summed E-state index contributed by atoms with van der Waals surface area (Å²) in [6.07, 6.45) is 3.47. The van der Waals surface area contributed by atoms with E-state index < -0.39 is 0 Å². The maximum atomic E-state index is 13.2. The summed E-state index contributed by atoms with van der Waals surface area (Å²) >= 11 is 0. The Labute approximate surface area is 111 Å². The van der Waals surface area contributed by atoms with Crippen molar-refractivity contribution in [3.63, 3.8) is 0 Å². The van der Waals surface area contributed by atoms with Crippen LogP contribution in [-0.2, 0) is 6.54 Å². The zero-order chi connectivity index (χ0) is 13.7. The number of hydrogen-bond acceptors (Lipinski definition) is 3. The van der Waals surface area contributed by atoms with Crippen molar-refractivity contribution in [2.75, 3.05) is 0 Å². The Morgan fingerprint density at radius 1 is 1.32 bits per heavy atom.